The molecule has 8 heteroatoms. The zero-order valence-electron chi connectivity index (χ0n) is 18.7. The minimum atomic E-state index is -0.699. The fourth-order valence-electron chi connectivity index (χ4n) is 4.20. The molecular weight excluding hydrogens is 406 g/mol. The monoisotopic (exact) mass is 435 g/mol. The van der Waals surface area contributed by atoms with Crippen LogP contribution in [0.1, 0.15) is 24.5 Å². The SMILES string of the molecule is CCCN1CCN(C(=O)Cn2c(=O)c(=O)n(Cc3ccc(C)cc3)c3ncccc32)CC1. The molecule has 0 bridgehead atoms. The second kappa shape index (κ2) is 9.48. The van der Waals surface area contributed by atoms with Crippen LogP contribution in [0, 0.1) is 6.92 Å². The molecule has 3 aromatic rings. The Morgan fingerprint density at radius 3 is 2.34 bits per heavy atom. The topological polar surface area (TPSA) is 80.4 Å². The Morgan fingerprint density at radius 1 is 0.969 bits per heavy atom. The van der Waals surface area contributed by atoms with Crippen molar-refractivity contribution in [1.82, 2.24) is 23.9 Å². The number of hydrogen-bond donors (Lipinski definition) is 0. The summed E-state index contributed by atoms with van der Waals surface area (Å²) in [6.07, 6.45) is 2.68. The number of carbonyl (C=O) groups is 1. The number of aromatic nitrogens is 3. The maximum Gasteiger partial charge on any atom is 0.318 e. The molecule has 1 fully saturated rings. The molecule has 4 rings (SSSR count). The number of nitrogens with zero attached hydrogens (tertiary/aromatic N) is 5. The number of amides is 1. The average molecular weight is 436 g/mol. The molecule has 168 valence electrons. The third kappa shape index (κ3) is 4.50. The third-order valence-corrected chi connectivity index (χ3v) is 6.01. The van der Waals surface area contributed by atoms with Gasteiger partial charge in [-0.05, 0) is 37.6 Å². The first kappa shape index (κ1) is 22.0. The standard InChI is InChI=1S/C24H29N5O3/c1-3-11-26-12-14-27(15-13-26)21(30)17-28-20-5-4-10-25-22(20)29(24(32)23(28)31)16-19-8-6-18(2)7-9-19/h4-10H,3,11-17H2,1-2H3. The Balaban J connectivity index is 1.64. The number of piperazine rings is 1. The van der Waals surface area contributed by atoms with E-state index in [0.29, 0.717) is 24.3 Å². The van der Waals surface area contributed by atoms with Gasteiger partial charge in [0.15, 0.2) is 5.65 Å². The first-order valence-corrected chi connectivity index (χ1v) is 11.1. The van der Waals surface area contributed by atoms with Gasteiger partial charge in [0.1, 0.15) is 6.54 Å². The summed E-state index contributed by atoms with van der Waals surface area (Å²) in [7, 11) is 0. The lowest BCUT2D eigenvalue weighted by Gasteiger charge is -2.34. The van der Waals surface area contributed by atoms with Crippen molar-refractivity contribution in [2.24, 2.45) is 0 Å². The largest absolute Gasteiger partial charge is 0.339 e. The molecule has 0 atom stereocenters. The number of hydrogen-bond acceptors (Lipinski definition) is 5. The second-order valence-electron chi connectivity index (χ2n) is 8.34. The molecule has 0 saturated carbocycles. The first-order valence-electron chi connectivity index (χ1n) is 11.1. The van der Waals surface area contributed by atoms with E-state index in [1.165, 1.54) is 9.13 Å². The Bertz CT molecular complexity index is 1220. The van der Waals surface area contributed by atoms with Crippen LogP contribution in [0.3, 0.4) is 0 Å². The lowest BCUT2D eigenvalue weighted by Crippen LogP contribution is -2.51. The van der Waals surface area contributed by atoms with E-state index in [0.717, 1.165) is 37.2 Å². The maximum atomic E-state index is 13.0. The van der Waals surface area contributed by atoms with E-state index in [4.69, 9.17) is 0 Å². The molecule has 2 aromatic heterocycles. The molecule has 0 unspecified atom stereocenters. The number of aryl methyl sites for hydroxylation is 1. The van der Waals surface area contributed by atoms with Gasteiger partial charge in [0, 0.05) is 32.4 Å². The smallest absolute Gasteiger partial charge is 0.318 e. The quantitative estimate of drug-likeness (QED) is 0.548. The van der Waals surface area contributed by atoms with E-state index >= 15 is 0 Å². The number of rotatable bonds is 6. The van der Waals surface area contributed by atoms with Gasteiger partial charge < -0.3 is 4.90 Å². The minimum Gasteiger partial charge on any atom is -0.339 e. The minimum absolute atomic E-state index is 0.149. The predicted molar refractivity (Wildman–Crippen MR) is 124 cm³/mol. The van der Waals surface area contributed by atoms with Gasteiger partial charge in [-0.25, -0.2) is 4.98 Å². The van der Waals surface area contributed by atoms with Crippen molar-refractivity contribution in [3.8, 4) is 0 Å². The van der Waals surface area contributed by atoms with Crippen molar-refractivity contribution in [3.05, 3.63) is 74.4 Å². The van der Waals surface area contributed by atoms with Gasteiger partial charge in [-0.1, -0.05) is 36.8 Å². The predicted octanol–water partition coefficient (Wildman–Crippen LogP) is 1.47. The summed E-state index contributed by atoms with van der Waals surface area (Å²) < 4.78 is 2.67. The molecule has 1 amide bonds. The van der Waals surface area contributed by atoms with Crippen LogP contribution in [0.25, 0.3) is 11.2 Å². The van der Waals surface area contributed by atoms with E-state index in [1.54, 1.807) is 23.2 Å². The Kier molecular flexibility index (Phi) is 6.50. The van der Waals surface area contributed by atoms with Crippen molar-refractivity contribution in [2.75, 3.05) is 32.7 Å². The van der Waals surface area contributed by atoms with Gasteiger partial charge >= 0.3 is 11.1 Å². The number of benzene rings is 1. The average Bonchev–Trinajstić information content (AvgIpc) is 2.81. The third-order valence-electron chi connectivity index (χ3n) is 6.01. The molecule has 0 radical (unpaired) electrons. The molecule has 1 aliphatic heterocycles. The lowest BCUT2D eigenvalue weighted by atomic mass is 10.1. The molecule has 0 spiro atoms. The van der Waals surface area contributed by atoms with Crippen LogP contribution in [-0.4, -0.2) is 62.5 Å². The van der Waals surface area contributed by atoms with Crippen LogP contribution in [0.2, 0.25) is 0 Å². The van der Waals surface area contributed by atoms with E-state index in [1.807, 2.05) is 31.2 Å². The summed E-state index contributed by atoms with van der Waals surface area (Å²) in [5.74, 6) is -0.149. The van der Waals surface area contributed by atoms with Crippen LogP contribution in [0.4, 0.5) is 0 Å². The highest BCUT2D eigenvalue weighted by Gasteiger charge is 2.23. The molecule has 0 aliphatic carbocycles. The molecule has 0 N–H and O–H groups in total. The summed E-state index contributed by atoms with van der Waals surface area (Å²) >= 11 is 0. The molecule has 8 nitrogen and oxygen atoms in total. The van der Waals surface area contributed by atoms with Crippen LogP contribution < -0.4 is 11.1 Å². The molecule has 32 heavy (non-hydrogen) atoms. The number of fused-ring (bicyclic) bond motifs is 1. The zero-order chi connectivity index (χ0) is 22.7. The maximum absolute atomic E-state index is 13.0. The van der Waals surface area contributed by atoms with Gasteiger partial charge in [0.25, 0.3) is 0 Å². The molecule has 1 aromatic carbocycles. The summed E-state index contributed by atoms with van der Waals surface area (Å²) in [5.41, 5.74) is 1.55. The van der Waals surface area contributed by atoms with Crippen molar-refractivity contribution in [1.29, 1.82) is 0 Å². The second-order valence-corrected chi connectivity index (χ2v) is 8.34. The van der Waals surface area contributed by atoms with E-state index < -0.39 is 11.1 Å². The fraction of sp³-hybridized carbons (Fsp3) is 0.417. The highest BCUT2D eigenvalue weighted by atomic mass is 16.2. The van der Waals surface area contributed by atoms with Crippen molar-refractivity contribution in [3.63, 3.8) is 0 Å². The Labute approximate surface area is 186 Å². The van der Waals surface area contributed by atoms with E-state index in [-0.39, 0.29) is 19.0 Å². The molecule has 1 aliphatic rings. The van der Waals surface area contributed by atoms with Gasteiger partial charge in [0.2, 0.25) is 5.91 Å². The first-order chi connectivity index (χ1) is 15.5. The number of carbonyl (C=O) groups excluding carboxylic acids is 1. The van der Waals surface area contributed by atoms with E-state index in [9.17, 15) is 14.4 Å². The van der Waals surface area contributed by atoms with Gasteiger partial charge in [-0.3, -0.25) is 28.4 Å². The number of pyridine rings is 1. The summed E-state index contributed by atoms with van der Waals surface area (Å²) in [6.45, 7) is 8.17. The van der Waals surface area contributed by atoms with E-state index in [2.05, 4.69) is 16.8 Å². The van der Waals surface area contributed by atoms with Crippen molar-refractivity contribution in [2.45, 2.75) is 33.4 Å². The Hall–Kier alpha value is -3.26. The molecule has 1 saturated heterocycles. The van der Waals surface area contributed by atoms with Gasteiger partial charge in [-0.2, -0.15) is 0 Å². The molecule has 3 heterocycles. The van der Waals surface area contributed by atoms with Crippen LogP contribution in [0.5, 0.6) is 0 Å². The fourth-order valence-corrected chi connectivity index (χ4v) is 4.20. The summed E-state index contributed by atoms with van der Waals surface area (Å²) in [4.78, 5) is 47.5. The van der Waals surface area contributed by atoms with Crippen LogP contribution in [0.15, 0.2) is 52.2 Å². The van der Waals surface area contributed by atoms with Crippen molar-refractivity contribution < 1.29 is 4.79 Å². The zero-order valence-corrected chi connectivity index (χ0v) is 18.7. The molecular formula is C24H29N5O3. The summed E-state index contributed by atoms with van der Waals surface area (Å²) in [6, 6.07) is 11.3. The summed E-state index contributed by atoms with van der Waals surface area (Å²) in [5, 5.41) is 0. The highest BCUT2D eigenvalue weighted by molar-refractivity contribution is 5.79. The normalized spacial score (nSPS) is 14.8. The van der Waals surface area contributed by atoms with Gasteiger partial charge in [-0.15, -0.1) is 0 Å². The highest BCUT2D eigenvalue weighted by Crippen LogP contribution is 2.12. The van der Waals surface area contributed by atoms with Crippen LogP contribution in [-0.2, 0) is 17.9 Å². The Morgan fingerprint density at radius 2 is 1.66 bits per heavy atom. The lowest BCUT2D eigenvalue weighted by molar-refractivity contribution is -0.133. The van der Waals surface area contributed by atoms with Crippen LogP contribution >= 0.6 is 0 Å². The van der Waals surface area contributed by atoms with Gasteiger partial charge in [0.05, 0.1) is 12.1 Å². The van der Waals surface area contributed by atoms with Crippen molar-refractivity contribution >= 4 is 17.1 Å².